The van der Waals surface area contributed by atoms with Crippen LogP contribution in [0.5, 0.6) is 0 Å². The van der Waals surface area contributed by atoms with Gasteiger partial charge in [0.15, 0.2) is 0 Å². The molecule has 0 aromatic heterocycles. The fourth-order valence-corrected chi connectivity index (χ4v) is 2.60. The summed E-state index contributed by atoms with van der Waals surface area (Å²) in [6.45, 7) is 3.83. The van der Waals surface area contributed by atoms with Crippen LogP contribution in [0, 0.1) is 13.8 Å². The Bertz CT molecular complexity index is 752. The van der Waals surface area contributed by atoms with Crippen LogP contribution in [0.2, 0.25) is 0 Å². The van der Waals surface area contributed by atoms with Gasteiger partial charge in [-0.05, 0) is 49.7 Å². The molecule has 3 rings (SSSR count). The van der Waals surface area contributed by atoms with Crippen molar-refractivity contribution in [3.05, 3.63) is 63.1 Å². The van der Waals surface area contributed by atoms with Crippen LogP contribution in [0.1, 0.15) is 31.8 Å². The van der Waals surface area contributed by atoms with Crippen LogP contribution in [-0.4, -0.2) is 11.8 Å². The Kier molecular flexibility index (Phi) is 2.98. The van der Waals surface area contributed by atoms with Crippen molar-refractivity contribution < 1.29 is 9.59 Å². The molecule has 1 aliphatic rings. The number of benzene rings is 2. The van der Waals surface area contributed by atoms with E-state index in [4.69, 9.17) is 0 Å². The van der Waals surface area contributed by atoms with Gasteiger partial charge >= 0.3 is 0 Å². The third-order valence-electron chi connectivity index (χ3n) is 3.44. The van der Waals surface area contributed by atoms with Gasteiger partial charge in [-0.25, -0.2) is 4.90 Å². The lowest BCUT2D eigenvalue weighted by atomic mass is 10.1. The number of aryl methyl sites for hydroxylation is 2. The van der Waals surface area contributed by atoms with E-state index in [1.807, 2.05) is 32.0 Å². The molecule has 0 unspecified atom stereocenters. The molecule has 0 radical (unpaired) electrons. The van der Waals surface area contributed by atoms with Gasteiger partial charge in [-0.15, -0.1) is 0 Å². The van der Waals surface area contributed by atoms with Gasteiger partial charge in [-0.3, -0.25) is 9.59 Å². The minimum atomic E-state index is -0.258. The van der Waals surface area contributed by atoms with Gasteiger partial charge in [-0.1, -0.05) is 27.6 Å². The summed E-state index contributed by atoms with van der Waals surface area (Å²) in [4.78, 5) is 26.1. The fourth-order valence-electron chi connectivity index (χ4n) is 2.36. The summed E-state index contributed by atoms with van der Waals surface area (Å²) in [5, 5.41) is 0. The van der Waals surface area contributed by atoms with Gasteiger partial charge in [0.2, 0.25) is 0 Å². The lowest BCUT2D eigenvalue weighted by molar-refractivity contribution is 0.0926. The molecule has 100 valence electrons. The lowest BCUT2D eigenvalue weighted by Crippen LogP contribution is -2.29. The molecule has 0 spiro atoms. The average molecular weight is 330 g/mol. The van der Waals surface area contributed by atoms with Crippen LogP contribution in [0.4, 0.5) is 5.69 Å². The normalized spacial score (nSPS) is 13.8. The number of nitrogens with zero attached hydrogens (tertiary/aromatic N) is 1. The number of carbonyl (C=O) groups excluding carboxylic acids is 2. The summed E-state index contributed by atoms with van der Waals surface area (Å²) < 4.78 is 0.953. The molecule has 0 aliphatic carbocycles. The Morgan fingerprint density at radius 3 is 2.30 bits per heavy atom. The van der Waals surface area contributed by atoms with Crippen molar-refractivity contribution in [1.29, 1.82) is 0 Å². The van der Waals surface area contributed by atoms with Crippen molar-refractivity contribution >= 4 is 33.4 Å². The first-order chi connectivity index (χ1) is 9.49. The number of halogens is 1. The van der Waals surface area contributed by atoms with Crippen molar-refractivity contribution in [2.75, 3.05) is 4.90 Å². The van der Waals surface area contributed by atoms with E-state index in [2.05, 4.69) is 15.9 Å². The maximum absolute atomic E-state index is 12.4. The number of imide groups is 1. The van der Waals surface area contributed by atoms with Crippen molar-refractivity contribution in [1.82, 2.24) is 0 Å². The quantitative estimate of drug-likeness (QED) is 0.745. The van der Waals surface area contributed by atoms with Gasteiger partial charge in [0.25, 0.3) is 11.8 Å². The summed E-state index contributed by atoms with van der Waals surface area (Å²) in [7, 11) is 0. The molecule has 4 heteroatoms. The highest BCUT2D eigenvalue weighted by Gasteiger charge is 2.36. The SMILES string of the molecule is Cc1ccc2c(c1)C(=O)N(c1ccc(Br)c(C)c1)C2=O. The fraction of sp³-hybridized carbons (Fsp3) is 0.125. The molecular weight excluding hydrogens is 318 g/mol. The first kappa shape index (κ1) is 13.1. The summed E-state index contributed by atoms with van der Waals surface area (Å²) in [5.41, 5.74) is 3.51. The Labute approximate surface area is 125 Å². The van der Waals surface area contributed by atoms with Gasteiger partial charge < -0.3 is 0 Å². The Hall–Kier alpha value is -1.94. The molecule has 0 atom stereocenters. The third-order valence-corrected chi connectivity index (χ3v) is 4.33. The van der Waals surface area contributed by atoms with Crippen LogP contribution in [0.3, 0.4) is 0 Å². The van der Waals surface area contributed by atoms with Gasteiger partial charge in [0, 0.05) is 4.47 Å². The third kappa shape index (κ3) is 1.88. The highest BCUT2D eigenvalue weighted by atomic mass is 79.9. The molecule has 20 heavy (non-hydrogen) atoms. The minimum absolute atomic E-state index is 0.254. The Morgan fingerprint density at radius 2 is 1.60 bits per heavy atom. The zero-order valence-electron chi connectivity index (χ0n) is 11.1. The van der Waals surface area contributed by atoms with E-state index in [9.17, 15) is 9.59 Å². The van der Waals surface area contributed by atoms with E-state index in [0.29, 0.717) is 16.8 Å². The van der Waals surface area contributed by atoms with E-state index < -0.39 is 0 Å². The van der Waals surface area contributed by atoms with E-state index in [-0.39, 0.29) is 11.8 Å². The van der Waals surface area contributed by atoms with Crippen molar-refractivity contribution in [2.24, 2.45) is 0 Å². The molecule has 0 saturated carbocycles. The smallest absolute Gasteiger partial charge is 0.266 e. The Balaban J connectivity index is 2.11. The molecular formula is C16H12BrNO2. The summed E-state index contributed by atoms with van der Waals surface area (Å²) in [6.07, 6.45) is 0. The second kappa shape index (κ2) is 4.56. The molecule has 1 heterocycles. The molecule has 0 fully saturated rings. The molecule has 2 aromatic carbocycles. The van der Waals surface area contributed by atoms with Crippen molar-refractivity contribution in [3.63, 3.8) is 0 Å². The molecule has 0 N–H and O–H groups in total. The minimum Gasteiger partial charge on any atom is -0.268 e. The Morgan fingerprint density at radius 1 is 0.900 bits per heavy atom. The summed E-state index contributed by atoms with van der Waals surface area (Å²) in [6, 6.07) is 10.8. The predicted octanol–water partition coefficient (Wildman–Crippen LogP) is 3.87. The largest absolute Gasteiger partial charge is 0.268 e. The van der Waals surface area contributed by atoms with Crippen LogP contribution >= 0.6 is 15.9 Å². The number of hydrogen-bond donors (Lipinski definition) is 0. The molecule has 2 amide bonds. The second-order valence-corrected chi connectivity index (χ2v) is 5.78. The van der Waals surface area contributed by atoms with E-state index >= 15 is 0 Å². The number of amides is 2. The molecule has 2 aromatic rings. The van der Waals surface area contributed by atoms with E-state index in [1.54, 1.807) is 18.2 Å². The van der Waals surface area contributed by atoms with Crippen molar-refractivity contribution in [3.8, 4) is 0 Å². The predicted molar refractivity (Wildman–Crippen MR) is 81.2 cm³/mol. The average Bonchev–Trinajstić information content (AvgIpc) is 2.65. The highest BCUT2D eigenvalue weighted by Crippen LogP contribution is 2.31. The first-order valence-electron chi connectivity index (χ1n) is 6.24. The van der Waals surface area contributed by atoms with Crippen LogP contribution < -0.4 is 4.90 Å². The lowest BCUT2D eigenvalue weighted by Gasteiger charge is -2.14. The number of anilines is 1. The molecule has 0 saturated heterocycles. The van der Waals surface area contributed by atoms with Crippen LogP contribution in [-0.2, 0) is 0 Å². The number of hydrogen-bond acceptors (Lipinski definition) is 2. The topological polar surface area (TPSA) is 37.4 Å². The van der Waals surface area contributed by atoms with E-state index in [1.165, 1.54) is 4.90 Å². The number of rotatable bonds is 1. The van der Waals surface area contributed by atoms with Crippen molar-refractivity contribution in [2.45, 2.75) is 13.8 Å². The number of carbonyl (C=O) groups is 2. The summed E-state index contributed by atoms with van der Waals surface area (Å²) >= 11 is 3.42. The molecule has 3 nitrogen and oxygen atoms in total. The van der Waals surface area contributed by atoms with Crippen LogP contribution in [0.15, 0.2) is 40.9 Å². The number of fused-ring (bicyclic) bond motifs is 1. The van der Waals surface area contributed by atoms with E-state index in [0.717, 1.165) is 15.6 Å². The second-order valence-electron chi connectivity index (χ2n) is 4.93. The van der Waals surface area contributed by atoms with Crippen LogP contribution in [0.25, 0.3) is 0 Å². The first-order valence-corrected chi connectivity index (χ1v) is 7.04. The monoisotopic (exact) mass is 329 g/mol. The van der Waals surface area contributed by atoms with Gasteiger partial charge in [0.1, 0.15) is 0 Å². The maximum Gasteiger partial charge on any atom is 0.266 e. The molecule has 0 bridgehead atoms. The maximum atomic E-state index is 12.4. The highest BCUT2D eigenvalue weighted by molar-refractivity contribution is 9.10. The molecule has 1 aliphatic heterocycles. The standard InChI is InChI=1S/C16H12BrNO2/c1-9-3-5-12-13(7-9)16(20)18(15(12)19)11-4-6-14(17)10(2)8-11/h3-8H,1-2H3. The van der Waals surface area contributed by atoms with Gasteiger partial charge in [-0.2, -0.15) is 0 Å². The zero-order chi connectivity index (χ0) is 14.4. The summed E-state index contributed by atoms with van der Waals surface area (Å²) in [5.74, 6) is -0.512. The van der Waals surface area contributed by atoms with Gasteiger partial charge in [0.05, 0.1) is 16.8 Å². The zero-order valence-corrected chi connectivity index (χ0v) is 12.7.